The summed E-state index contributed by atoms with van der Waals surface area (Å²) in [7, 11) is 0. The van der Waals surface area contributed by atoms with Crippen molar-refractivity contribution in [3.05, 3.63) is 0 Å². The molecule has 4 nitrogen and oxygen atoms in total. The maximum absolute atomic E-state index is 9.44. The Labute approximate surface area is 92.0 Å². The fraction of sp³-hybridized carbons (Fsp3) is 1.00. The minimum Gasteiger partial charge on any atom is -0.388 e. The van der Waals surface area contributed by atoms with Crippen molar-refractivity contribution in [1.82, 2.24) is 5.32 Å². The molecule has 0 aromatic heterocycles. The zero-order valence-corrected chi connectivity index (χ0v) is 9.58. The van der Waals surface area contributed by atoms with E-state index in [1.807, 2.05) is 6.92 Å². The predicted molar refractivity (Wildman–Crippen MR) is 59.0 cm³/mol. The third-order valence-electron chi connectivity index (χ3n) is 2.56. The predicted octanol–water partition coefficient (Wildman–Crippen LogP) is 0.542. The summed E-state index contributed by atoms with van der Waals surface area (Å²) in [6.45, 7) is 5.09. The molecule has 0 bridgehead atoms. The quantitative estimate of drug-likeness (QED) is 0.653. The molecule has 0 aliphatic carbocycles. The van der Waals surface area contributed by atoms with E-state index in [2.05, 4.69) is 5.32 Å². The molecule has 0 radical (unpaired) electrons. The van der Waals surface area contributed by atoms with Crippen LogP contribution in [0.15, 0.2) is 0 Å². The second-order valence-corrected chi connectivity index (χ2v) is 4.00. The highest BCUT2D eigenvalue weighted by Gasteiger charge is 2.13. The normalized spacial score (nSPS) is 24.0. The summed E-state index contributed by atoms with van der Waals surface area (Å²) in [5, 5.41) is 12.8. The van der Waals surface area contributed by atoms with Gasteiger partial charge in [-0.05, 0) is 26.3 Å². The van der Waals surface area contributed by atoms with E-state index in [0.717, 1.165) is 6.54 Å². The largest absolute Gasteiger partial charge is 0.388 e. The fourth-order valence-corrected chi connectivity index (χ4v) is 1.71. The van der Waals surface area contributed by atoms with Crippen LogP contribution < -0.4 is 5.32 Å². The second-order valence-electron chi connectivity index (χ2n) is 4.00. The van der Waals surface area contributed by atoms with Crippen molar-refractivity contribution >= 4 is 0 Å². The van der Waals surface area contributed by atoms with E-state index in [9.17, 15) is 5.11 Å². The van der Waals surface area contributed by atoms with Gasteiger partial charge in [0.1, 0.15) is 6.10 Å². The summed E-state index contributed by atoms with van der Waals surface area (Å²) in [5.74, 6) is 0. The van der Waals surface area contributed by atoms with Crippen LogP contribution in [0.1, 0.15) is 26.2 Å². The highest BCUT2D eigenvalue weighted by atomic mass is 16.5. The van der Waals surface area contributed by atoms with Gasteiger partial charge in [-0.15, -0.1) is 0 Å². The Hall–Kier alpha value is -0.160. The maximum Gasteiger partial charge on any atom is 0.101 e. The SMILES string of the molecule is CCOCC(O)COCC1CCCCN1. The van der Waals surface area contributed by atoms with Crippen molar-refractivity contribution in [3.63, 3.8) is 0 Å². The lowest BCUT2D eigenvalue weighted by molar-refractivity contribution is -0.0217. The molecular formula is C11H23NO3. The van der Waals surface area contributed by atoms with Gasteiger partial charge in [0.25, 0.3) is 0 Å². The molecule has 2 unspecified atom stereocenters. The van der Waals surface area contributed by atoms with Gasteiger partial charge in [-0.1, -0.05) is 6.42 Å². The molecule has 15 heavy (non-hydrogen) atoms. The van der Waals surface area contributed by atoms with Gasteiger partial charge in [-0.25, -0.2) is 0 Å². The van der Waals surface area contributed by atoms with Gasteiger partial charge < -0.3 is 19.9 Å². The van der Waals surface area contributed by atoms with Crippen LogP contribution in [0.5, 0.6) is 0 Å². The lowest BCUT2D eigenvalue weighted by Gasteiger charge is -2.23. The second kappa shape index (κ2) is 8.05. The van der Waals surface area contributed by atoms with Crippen LogP contribution in [0.4, 0.5) is 0 Å². The topological polar surface area (TPSA) is 50.7 Å². The van der Waals surface area contributed by atoms with Crippen molar-refractivity contribution in [2.45, 2.75) is 38.3 Å². The van der Waals surface area contributed by atoms with Crippen molar-refractivity contribution in [2.75, 3.05) is 33.0 Å². The highest BCUT2D eigenvalue weighted by Crippen LogP contribution is 2.07. The van der Waals surface area contributed by atoms with Crippen molar-refractivity contribution in [1.29, 1.82) is 0 Å². The van der Waals surface area contributed by atoms with E-state index < -0.39 is 6.10 Å². The number of ether oxygens (including phenoxy) is 2. The number of nitrogens with one attached hydrogen (secondary N) is 1. The monoisotopic (exact) mass is 217 g/mol. The number of hydrogen-bond acceptors (Lipinski definition) is 4. The molecule has 1 rings (SSSR count). The van der Waals surface area contributed by atoms with Gasteiger partial charge in [-0.3, -0.25) is 0 Å². The molecule has 1 saturated heterocycles. The maximum atomic E-state index is 9.44. The highest BCUT2D eigenvalue weighted by molar-refractivity contribution is 4.71. The van der Waals surface area contributed by atoms with Gasteiger partial charge in [0.2, 0.25) is 0 Å². The first kappa shape index (κ1) is 12.9. The van der Waals surface area contributed by atoms with Crippen molar-refractivity contribution < 1.29 is 14.6 Å². The Morgan fingerprint density at radius 1 is 1.33 bits per heavy atom. The molecule has 0 spiro atoms. The number of aliphatic hydroxyl groups is 1. The van der Waals surface area contributed by atoms with Crippen molar-refractivity contribution in [2.24, 2.45) is 0 Å². The number of piperidine rings is 1. The lowest BCUT2D eigenvalue weighted by atomic mass is 10.1. The summed E-state index contributed by atoms with van der Waals surface area (Å²) < 4.78 is 10.5. The number of aliphatic hydroxyl groups excluding tert-OH is 1. The zero-order valence-electron chi connectivity index (χ0n) is 9.58. The van der Waals surface area contributed by atoms with E-state index in [1.54, 1.807) is 0 Å². The minimum atomic E-state index is -0.492. The first-order valence-electron chi connectivity index (χ1n) is 5.90. The van der Waals surface area contributed by atoms with Crippen LogP contribution in [0.2, 0.25) is 0 Å². The van der Waals surface area contributed by atoms with E-state index >= 15 is 0 Å². The average Bonchev–Trinajstić information content (AvgIpc) is 2.28. The molecule has 0 saturated carbocycles. The Morgan fingerprint density at radius 2 is 2.13 bits per heavy atom. The fourth-order valence-electron chi connectivity index (χ4n) is 1.71. The van der Waals surface area contributed by atoms with Gasteiger partial charge in [0.15, 0.2) is 0 Å². The third-order valence-corrected chi connectivity index (χ3v) is 2.56. The van der Waals surface area contributed by atoms with Crippen LogP contribution in [-0.2, 0) is 9.47 Å². The van der Waals surface area contributed by atoms with E-state index in [1.165, 1.54) is 19.3 Å². The van der Waals surface area contributed by atoms with Gasteiger partial charge in [-0.2, -0.15) is 0 Å². The average molecular weight is 217 g/mol. The number of rotatable bonds is 7. The van der Waals surface area contributed by atoms with Gasteiger partial charge >= 0.3 is 0 Å². The molecule has 1 heterocycles. The zero-order chi connectivity index (χ0) is 10.9. The lowest BCUT2D eigenvalue weighted by Crippen LogP contribution is -2.38. The molecule has 2 N–H and O–H groups in total. The summed E-state index contributed by atoms with van der Waals surface area (Å²) >= 11 is 0. The standard InChI is InChI=1S/C11H23NO3/c1-2-14-8-11(13)9-15-7-10-5-3-4-6-12-10/h10-13H,2-9H2,1H3. The van der Waals surface area contributed by atoms with Crippen LogP contribution in [0.25, 0.3) is 0 Å². The number of hydrogen-bond donors (Lipinski definition) is 2. The van der Waals surface area contributed by atoms with E-state index in [0.29, 0.717) is 32.5 Å². The summed E-state index contributed by atoms with van der Waals surface area (Å²) in [4.78, 5) is 0. The molecule has 2 atom stereocenters. The molecule has 1 aliphatic heterocycles. The minimum absolute atomic E-state index is 0.370. The summed E-state index contributed by atoms with van der Waals surface area (Å²) in [6.07, 6.45) is 3.24. The van der Waals surface area contributed by atoms with Crippen LogP contribution in [0, 0.1) is 0 Å². The smallest absolute Gasteiger partial charge is 0.101 e. The molecular weight excluding hydrogens is 194 g/mol. The third kappa shape index (κ3) is 6.10. The van der Waals surface area contributed by atoms with Crippen molar-refractivity contribution in [3.8, 4) is 0 Å². The molecule has 0 aromatic rings. The van der Waals surface area contributed by atoms with Crippen LogP contribution in [0.3, 0.4) is 0 Å². The van der Waals surface area contributed by atoms with Gasteiger partial charge in [0.05, 0.1) is 19.8 Å². The molecule has 90 valence electrons. The molecule has 1 fully saturated rings. The first-order valence-corrected chi connectivity index (χ1v) is 5.90. The van der Waals surface area contributed by atoms with E-state index in [4.69, 9.17) is 9.47 Å². The molecule has 1 aliphatic rings. The Kier molecular flexibility index (Phi) is 6.92. The summed E-state index contributed by atoms with van der Waals surface area (Å²) in [5.41, 5.74) is 0. The molecule has 0 amide bonds. The van der Waals surface area contributed by atoms with Gasteiger partial charge in [0, 0.05) is 12.6 Å². The Bertz CT molecular complexity index is 149. The molecule has 0 aromatic carbocycles. The summed E-state index contributed by atoms with van der Waals surface area (Å²) in [6, 6.07) is 0.470. The Balaban J connectivity index is 1.94. The molecule has 4 heteroatoms. The van der Waals surface area contributed by atoms with Crippen LogP contribution >= 0.6 is 0 Å². The van der Waals surface area contributed by atoms with Crippen LogP contribution in [-0.4, -0.2) is 50.2 Å². The first-order chi connectivity index (χ1) is 7.33. The van der Waals surface area contributed by atoms with E-state index in [-0.39, 0.29) is 0 Å². The Morgan fingerprint density at radius 3 is 2.80 bits per heavy atom.